The van der Waals surface area contributed by atoms with E-state index in [9.17, 15) is 18.0 Å². The maximum Gasteiger partial charge on any atom is 0.416 e. The lowest BCUT2D eigenvalue weighted by Gasteiger charge is -2.38. The monoisotopic (exact) mass is 550 g/mol. The lowest BCUT2D eigenvalue weighted by molar-refractivity contribution is -0.137. The van der Waals surface area contributed by atoms with Crippen LogP contribution in [0.1, 0.15) is 46.1 Å². The lowest BCUT2D eigenvalue weighted by atomic mass is 10.1. The highest BCUT2D eigenvalue weighted by atomic mass is 32.2. The molecule has 1 atom stereocenters. The Morgan fingerprint density at radius 2 is 1.63 bits per heavy atom. The molecular formula is C28H37F3N4O2S. The van der Waals surface area contributed by atoms with E-state index >= 15 is 0 Å². The summed E-state index contributed by atoms with van der Waals surface area (Å²) < 4.78 is 45.7. The molecule has 2 aromatic rings. The van der Waals surface area contributed by atoms with Crippen molar-refractivity contribution in [1.82, 2.24) is 15.1 Å². The number of amides is 1. The number of fused-ring (bicyclic) bond motifs is 2. The van der Waals surface area contributed by atoms with Gasteiger partial charge in [-0.05, 0) is 77.4 Å². The van der Waals surface area contributed by atoms with Crippen molar-refractivity contribution < 1.29 is 22.7 Å². The molecule has 0 saturated carbocycles. The average Bonchev–Trinajstić information content (AvgIpc) is 2.84. The topological polar surface area (TPSA) is 48.1 Å². The van der Waals surface area contributed by atoms with E-state index in [1.165, 1.54) is 23.9 Å². The van der Waals surface area contributed by atoms with E-state index in [1.54, 1.807) is 6.07 Å². The van der Waals surface area contributed by atoms with E-state index in [1.807, 2.05) is 56.9 Å². The molecule has 1 N–H and O–H groups in total. The van der Waals surface area contributed by atoms with Gasteiger partial charge in [0.15, 0.2) is 0 Å². The second kappa shape index (κ2) is 11.8. The van der Waals surface area contributed by atoms with Crippen molar-refractivity contribution in [1.29, 1.82) is 0 Å². The third kappa shape index (κ3) is 7.36. The number of alkyl halides is 3. The van der Waals surface area contributed by atoms with Crippen molar-refractivity contribution in [3.8, 4) is 0 Å². The zero-order valence-corrected chi connectivity index (χ0v) is 23.3. The van der Waals surface area contributed by atoms with Crippen LogP contribution in [0.25, 0.3) is 0 Å². The number of ether oxygens (including phenoxy) is 1. The number of unbranched alkanes of at least 4 members (excludes halogenated alkanes) is 1. The van der Waals surface area contributed by atoms with E-state index in [0.29, 0.717) is 12.2 Å². The van der Waals surface area contributed by atoms with Gasteiger partial charge in [0.1, 0.15) is 5.60 Å². The average molecular weight is 551 g/mol. The molecule has 1 fully saturated rings. The van der Waals surface area contributed by atoms with Crippen molar-refractivity contribution in [3.05, 3.63) is 48.0 Å². The van der Waals surface area contributed by atoms with Crippen molar-refractivity contribution in [3.63, 3.8) is 0 Å². The molecular weight excluding hydrogens is 513 g/mol. The van der Waals surface area contributed by atoms with Gasteiger partial charge in [-0.25, -0.2) is 4.79 Å². The first-order valence-electron chi connectivity index (χ1n) is 13.1. The van der Waals surface area contributed by atoms with Crippen LogP contribution in [0, 0.1) is 0 Å². The zero-order chi connectivity index (χ0) is 27.5. The van der Waals surface area contributed by atoms with Gasteiger partial charge >= 0.3 is 12.3 Å². The van der Waals surface area contributed by atoms with Crippen LogP contribution >= 0.6 is 11.8 Å². The van der Waals surface area contributed by atoms with E-state index in [4.69, 9.17) is 4.74 Å². The first kappa shape index (κ1) is 28.6. The molecule has 1 unspecified atom stereocenters. The third-order valence-electron chi connectivity index (χ3n) is 6.74. The number of alkyl carbamates (subject to hydrolysis) is 1. The SMILES string of the molecule is CC(NC(=O)OC(C)(C)C)N1CCN(CCCCN2c3ccccc3Sc3ccc(C(F)(F)F)cc32)CC1. The largest absolute Gasteiger partial charge is 0.444 e. The van der Waals surface area contributed by atoms with Gasteiger partial charge in [0.05, 0.1) is 23.1 Å². The molecule has 208 valence electrons. The molecule has 1 amide bonds. The van der Waals surface area contributed by atoms with E-state index in [0.717, 1.165) is 61.0 Å². The molecule has 2 heterocycles. The summed E-state index contributed by atoms with van der Waals surface area (Å²) in [5.41, 5.74) is 0.447. The Labute approximate surface area is 227 Å². The maximum absolute atomic E-state index is 13.4. The molecule has 4 rings (SSSR count). The number of carbonyl (C=O) groups excluding carboxylic acids is 1. The summed E-state index contributed by atoms with van der Waals surface area (Å²) in [6.07, 6.45) is -3.07. The third-order valence-corrected chi connectivity index (χ3v) is 7.87. The van der Waals surface area contributed by atoms with Crippen molar-refractivity contribution >= 4 is 29.2 Å². The number of hydrogen-bond donors (Lipinski definition) is 1. The minimum absolute atomic E-state index is 0.106. The predicted molar refractivity (Wildman–Crippen MR) is 145 cm³/mol. The molecule has 2 aliphatic rings. The van der Waals surface area contributed by atoms with Gasteiger partial charge in [0.2, 0.25) is 0 Å². The highest BCUT2D eigenvalue weighted by Gasteiger charge is 2.33. The molecule has 10 heteroatoms. The number of piperazine rings is 1. The van der Waals surface area contributed by atoms with Gasteiger partial charge in [0.25, 0.3) is 0 Å². The molecule has 38 heavy (non-hydrogen) atoms. The summed E-state index contributed by atoms with van der Waals surface area (Å²) in [5.74, 6) is 0. The van der Waals surface area contributed by atoms with Gasteiger partial charge in [-0.1, -0.05) is 23.9 Å². The number of nitrogens with one attached hydrogen (secondary N) is 1. The number of para-hydroxylation sites is 1. The summed E-state index contributed by atoms with van der Waals surface area (Å²) in [6, 6.07) is 11.9. The maximum atomic E-state index is 13.4. The standard InChI is InChI=1S/C28H37F3N4O2S/c1-20(32-26(36)37-27(2,3)4)34-17-15-33(16-18-34)13-7-8-14-35-22-9-5-6-10-24(22)38-25-12-11-21(19-23(25)35)28(29,30)31/h5-6,9-12,19-20H,7-8,13-18H2,1-4H3,(H,32,36). The first-order chi connectivity index (χ1) is 17.9. The Balaban J connectivity index is 1.28. The Hall–Kier alpha value is -2.43. The van der Waals surface area contributed by atoms with Crippen LogP contribution < -0.4 is 10.2 Å². The number of halogens is 3. The fourth-order valence-electron chi connectivity index (χ4n) is 4.80. The van der Waals surface area contributed by atoms with Gasteiger partial charge in [-0.15, -0.1) is 0 Å². The van der Waals surface area contributed by atoms with Crippen LogP contribution in [0.3, 0.4) is 0 Å². The minimum Gasteiger partial charge on any atom is -0.444 e. The van der Waals surface area contributed by atoms with Crippen molar-refractivity contribution in [2.45, 2.75) is 68.3 Å². The van der Waals surface area contributed by atoms with E-state index < -0.39 is 23.4 Å². The van der Waals surface area contributed by atoms with E-state index in [-0.39, 0.29) is 6.17 Å². The lowest BCUT2D eigenvalue weighted by Crippen LogP contribution is -2.55. The van der Waals surface area contributed by atoms with Gasteiger partial charge in [0, 0.05) is 42.5 Å². The zero-order valence-electron chi connectivity index (χ0n) is 22.5. The van der Waals surface area contributed by atoms with Crippen LogP contribution in [-0.4, -0.2) is 66.9 Å². The Morgan fingerprint density at radius 1 is 0.974 bits per heavy atom. The smallest absolute Gasteiger partial charge is 0.416 e. The fraction of sp³-hybridized carbons (Fsp3) is 0.536. The quantitative estimate of drug-likeness (QED) is 0.393. The van der Waals surface area contributed by atoms with Crippen molar-refractivity contribution in [2.24, 2.45) is 0 Å². The summed E-state index contributed by atoms with van der Waals surface area (Å²) in [6.45, 7) is 12.6. The second-order valence-electron chi connectivity index (χ2n) is 10.8. The Morgan fingerprint density at radius 3 is 2.32 bits per heavy atom. The number of rotatable bonds is 7. The number of hydrogen-bond acceptors (Lipinski definition) is 6. The van der Waals surface area contributed by atoms with E-state index in [2.05, 4.69) is 15.1 Å². The molecule has 0 bridgehead atoms. The van der Waals surface area contributed by atoms with Gasteiger partial charge in [-0.3, -0.25) is 4.90 Å². The molecule has 0 aliphatic carbocycles. The summed E-state index contributed by atoms with van der Waals surface area (Å²) in [7, 11) is 0. The fourth-order valence-corrected chi connectivity index (χ4v) is 5.87. The Bertz CT molecular complexity index is 1110. The highest BCUT2D eigenvalue weighted by Crippen LogP contribution is 2.49. The van der Waals surface area contributed by atoms with Crippen LogP contribution in [0.4, 0.5) is 29.3 Å². The number of carbonyl (C=O) groups is 1. The summed E-state index contributed by atoms with van der Waals surface area (Å²) in [5, 5.41) is 2.91. The van der Waals surface area contributed by atoms with Gasteiger partial charge in [-0.2, -0.15) is 13.2 Å². The molecule has 2 aromatic carbocycles. The van der Waals surface area contributed by atoms with Crippen LogP contribution in [0.2, 0.25) is 0 Å². The Kier molecular flexibility index (Phi) is 8.84. The summed E-state index contributed by atoms with van der Waals surface area (Å²) >= 11 is 1.52. The van der Waals surface area contributed by atoms with Gasteiger partial charge < -0.3 is 19.9 Å². The molecule has 1 saturated heterocycles. The normalized spacial score (nSPS) is 17.5. The molecule has 0 radical (unpaired) electrons. The summed E-state index contributed by atoms with van der Waals surface area (Å²) in [4.78, 5) is 20.7. The van der Waals surface area contributed by atoms with Crippen molar-refractivity contribution in [2.75, 3.05) is 44.2 Å². The molecule has 2 aliphatic heterocycles. The molecule has 6 nitrogen and oxygen atoms in total. The predicted octanol–water partition coefficient (Wildman–Crippen LogP) is 6.58. The second-order valence-corrected chi connectivity index (χ2v) is 11.9. The highest BCUT2D eigenvalue weighted by molar-refractivity contribution is 7.99. The van der Waals surface area contributed by atoms with Crippen LogP contribution in [0.5, 0.6) is 0 Å². The van der Waals surface area contributed by atoms with Crippen LogP contribution in [-0.2, 0) is 10.9 Å². The molecule has 0 aromatic heterocycles. The first-order valence-corrected chi connectivity index (χ1v) is 13.9. The number of anilines is 2. The number of nitrogens with zero attached hydrogens (tertiary/aromatic N) is 3. The van der Waals surface area contributed by atoms with Crippen LogP contribution in [0.15, 0.2) is 52.3 Å². The minimum atomic E-state index is -4.37. The molecule has 0 spiro atoms. The number of benzene rings is 2.